The lowest BCUT2D eigenvalue weighted by atomic mass is 10.1. The molecule has 0 aromatic heterocycles. The molecule has 0 aromatic carbocycles. The summed E-state index contributed by atoms with van der Waals surface area (Å²) in [5.74, 6) is -0.670. The molecule has 0 fully saturated rings. The van der Waals surface area contributed by atoms with E-state index in [1.165, 1.54) is 19.3 Å². The van der Waals surface area contributed by atoms with Crippen LogP contribution in [0.2, 0.25) is 0 Å². The van der Waals surface area contributed by atoms with Gasteiger partial charge in [-0.1, -0.05) is 65.7 Å². The predicted molar refractivity (Wildman–Crippen MR) is 90.8 cm³/mol. The van der Waals surface area contributed by atoms with Crippen molar-refractivity contribution in [1.29, 1.82) is 0 Å². The topological polar surface area (TPSA) is 91.7 Å². The molecule has 0 rings (SSSR count). The summed E-state index contributed by atoms with van der Waals surface area (Å²) in [6.45, 7) is 6.00. The maximum atomic E-state index is 10.7. The highest BCUT2D eigenvalue weighted by atomic mass is 32.2. The highest BCUT2D eigenvalue weighted by Gasteiger charge is 2.19. The van der Waals surface area contributed by atoms with E-state index >= 15 is 0 Å². The Morgan fingerprint density at radius 1 is 0.909 bits per heavy atom. The van der Waals surface area contributed by atoms with E-state index in [0.29, 0.717) is 19.3 Å². The second-order valence-corrected chi connectivity index (χ2v) is 7.30. The van der Waals surface area contributed by atoms with Gasteiger partial charge in [-0.25, -0.2) is 0 Å². The van der Waals surface area contributed by atoms with Gasteiger partial charge in [0.25, 0.3) is 10.1 Å². The molecule has 0 saturated carbocycles. The molecular weight excluding hydrogens is 304 g/mol. The van der Waals surface area contributed by atoms with E-state index in [2.05, 4.69) is 13.8 Å². The second-order valence-electron chi connectivity index (χ2n) is 5.60. The third-order valence-corrected chi connectivity index (χ3v) is 4.91. The fourth-order valence-corrected chi connectivity index (χ4v) is 2.95. The first-order chi connectivity index (χ1) is 10.3. The van der Waals surface area contributed by atoms with Gasteiger partial charge in [0.05, 0.1) is 5.25 Å². The summed E-state index contributed by atoms with van der Waals surface area (Å²) in [4.78, 5) is 10.0. The molecule has 0 aliphatic carbocycles. The van der Waals surface area contributed by atoms with E-state index in [1.807, 2.05) is 0 Å². The molecule has 0 aliphatic rings. The molecule has 1 unspecified atom stereocenters. The van der Waals surface area contributed by atoms with Crippen molar-refractivity contribution in [2.45, 2.75) is 96.7 Å². The van der Waals surface area contributed by atoms with Gasteiger partial charge in [-0.2, -0.15) is 8.42 Å². The van der Waals surface area contributed by atoms with E-state index in [-0.39, 0.29) is 0 Å². The number of carbonyl (C=O) groups is 1. The van der Waals surface area contributed by atoms with Gasteiger partial charge < -0.3 is 5.11 Å². The van der Waals surface area contributed by atoms with Gasteiger partial charge >= 0.3 is 5.97 Å². The summed E-state index contributed by atoms with van der Waals surface area (Å²) >= 11 is 0. The van der Waals surface area contributed by atoms with Crippen LogP contribution in [0.25, 0.3) is 0 Å². The Kier molecular flexibility index (Phi) is 16.4. The largest absolute Gasteiger partial charge is 0.481 e. The summed E-state index contributed by atoms with van der Waals surface area (Å²) in [7, 11) is -3.80. The van der Waals surface area contributed by atoms with Crippen molar-refractivity contribution >= 4 is 16.1 Å². The Hall–Kier alpha value is -0.620. The third-order valence-electron chi connectivity index (χ3n) is 3.50. The zero-order valence-electron chi connectivity index (χ0n) is 14.4. The molecule has 6 heteroatoms. The Balaban J connectivity index is 0. The van der Waals surface area contributed by atoms with E-state index in [9.17, 15) is 13.2 Å². The predicted octanol–water partition coefficient (Wildman–Crippen LogP) is 4.66. The maximum absolute atomic E-state index is 10.7. The SMILES string of the molecule is CCCCCC(CC)S(=O)(=O)O.CCCCCCCC(=O)O. The van der Waals surface area contributed by atoms with Crippen LogP contribution in [0.5, 0.6) is 0 Å². The Bertz CT molecular complexity index is 352. The summed E-state index contributed by atoms with van der Waals surface area (Å²) in [5, 5.41) is 7.72. The number of carboxylic acid groups (broad SMARTS) is 1. The average Bonchev–Trinajstić information content (AvgIpc) is 2.42. The van der Waals surface area contributed by atoms with Gasteiger partial charge in [-0.05, 0) is 19.3 Å². The summed E-state index contributed by atoms with van der Waals surface area (Å²) in [6.07, 6.45) is 9.96. The highest BCUT2D eigenvalue weighted by Crippen LogP contribution is 2.13. The highest BCUT2D eigenvalue weighted by molar-refractivity contribution is 7.86. The van der Waals surface area contributed by atoms with Crippen LogP contribution in [0.3, 0.4) is 0 Å². The average molecular weight is 339 g/mol. The molecule has 0 radical (unpaired) electrons. The molecule has 0 saturated heterocycles. The zero-order chi connectivity index (χ0) is 17.4. The molecule has 0 spiro atoms. The van der Waals surface area contributed by atoms with Gasteiger partial charge in [0.2, 0.25) is 0 Å². The molecule has 5 nitrogen and oxygen atoms in total. The fraction of sp³-hybridized carbons (Fsp3) is 0.938. The minimum atomic E-state index is -3.80. The first-order valence-corrected chi connectivity index (χ1v) is 9.97. The molecule has 0 bridgehead atoms. The van der Waals surface area contributed by atoms with Crippen LogP contribution in [-0.4, -0.2) is 29.3 Å². The number of rotatable bonds is 12. The van der Waals surface area contributed by atoms with Gasteiger partial charge in [-0.15, -0.1) is 0 Å². The summed E-state index contributed by atoms with van der Waals surface area (Å²) < 4.78 is 30.2. The van der Waals surface area contributed by atoms with Crippen LogP contribution in [0.1, 0.15) is 91.4 Å². The minimum Gasteiger partial charge on any atom is -0.481 e. The van der Waals surface area contributed by atoms with Crippen molar-refractivity contribution in [2.75, 3.05) is 0 Å². The van der Waals surface area contributed by atoms with Crippen molar-refractivity contribution < 1.29 is 22.9 Å². The Morgan fingerprint density at radius 3 is 1.82 bits per heavy atom. The van der Waals surface area contributed by atoms with Crippen LogP contribution in [0.15, 0.2) is 0 Å². The Labute approximate surface area is 136 Å². The standard InChI is InChI=1S/C8H18O3S.C8H16O2/c1-3-5-6-7-8(4-2)12(9,10)11;1-2-3-4-5-6-7-8(9)10/h8H,3-7H2,1-2H3,(H,9,10,11);2-7H2,1H3,(H,9,10). The van der Waals surface area contributed by atoms with Gasteiger partial charge in [-0.3, -0.25) is 9.35 Å². The molecular formula is C16H34O5S. The van der Waals surface area contributed by atoms with E-state index in [4.69, 9.17) is 9.66 Å². The lowest BCUT2D eigenvalue weighted by Gasteiger charge is -2.09. The monoisotopic (exact) mass is 338 g/mol. The van der Waals surface area contributed by atoms with Gasteiger partial charge in [0, 0.05) is 6.42 Å². The minimum absolute atomic E-state index is 0.337. The van der Waals surface area contributed by atoms with Crippen LogP contribution < -0.4 is 0 Å². The number of unbranched alkanes of at least 4 members (excludes halogenated alkanes) is 6. The number of hydrogen-bond donors (Lipinski definition) is 2. The zero-order valence-corrected chi connectivity index (χ0v) is 15.2. The van der Waals surface area contributed by atoms with Crippen LogP contribution in [-0.2, 0) is 14.9 Å². The first kappa shape index (κ1) is 23.6. The van der Waals surface area contributed by atoms with Crippen LogP contribution >= 0.6 is 0 Å². The molecule has 0 heterocycles. The molecule has 2 N–H and O–H groups in total. The molecule has 134 valence electrons. The molecule has 0 amide bonds. The molecule has 1 atom stereocenters. The number of hydrogen-bond acceptors (Lipinski definition) is 3. The van der Waals surface area contributed by atoms with Gasteiger partial charge in [0.15, 0.2) is 0 Å². The number of carboxylic acids is 1. The first-order valence-electron chi connectivity index (χ1n) is 8.47. The molecule has 0 aliphatic heterocycles. The van der Waals surface area contributed by atoms with Crippen molar-refractivity contribution in [2.24, 2.45) is 0 Å². The van der Waals surface area contributed by atoms with Crippen molar-refractivity contribution in [3.8, 4) is 0 Å². The Morgan fingerprint density at radius 2 is 1.41 bits per heavy atom. The summed E-state index contributed by atoms with van der Waals surface area (Å²) in [5.41, 5.74) is 0. The lowest BCUT2D eigenvalue weighted by Crippen LogP contribution is -2.19. The second kappa shape index (κ2) is 15.3. The lowest BCUT2D eigenvalue weighted by molar-refractivity contribution is -0.137. The smallest absolute Gasteiger partial charge is 0.303 e. The van der Waals surface area contributed by atoms with E-state index < -0.39 is 21.3 Å². The van der Waals surface area contributed by atoms with Crippen molar-refractivity contribution in [1.82, 2.24) is 0 Å². The molecule has 22 heavy (non-hydrogen) atoms. The fourth-order valence-electron chi connectivity index (χ4n) is 2.07. The van der Waals surface area contributed by atoms with Crippen molar-refractivity contribution in [3.05, 3.63) is 0 Å². The van der Waals surface area contributed by atoms with E-state index in [0.717, 1.165) is 32.1 Å². The summed E-state index contributed by atoms with van der Waals surface area (Å²) in [6, 6.07) is 0. The maximum Gasteiger partial charge on any atom is 0.303 e. The number of aliphatic carboxylic acids is 1. The quantitative estimate of drug-likeness (QED) is 0.399. The third kappa shape index (κ3) is 17.4. The van der Waals surface area contributed by atoms with Crippen LogP contribution in [0, 0.1) is 0 Å². The van der Waals surface area contributed by atoms with Gasteiger partial charge in [0.1, 0.15) is 0 Å². The molecule has 0 aromatic rings. The van der Waals surface area contributed by atoms with Crippen molar-refractivity contribution in [3.63, 3.8) is 0 Å². The normalized spacial score (nSPS) is 12.4. The van der Waals surface area contributed by atoms with E-state index in [1.54, 1.807) is 6.92 Å². The van der Waals surface area contributed by atoms with Crippen LogP contribution in [0.4, 0.5) is 0 Å².